The Morgan fingerprint density at radius 3 is 1.06 bits per heavy atom. The number of esters is 4. The van der Waals surface area contributed by atoms with Gasteiger partial charge < -0.3 is 28.4 Å². The molecule has 2 saturated heterocycles. The van der Waals surface area contributed by atoms with E-state index in [9.17, 15) is 19.2 Å². The van der Waals surface area contributed by atoms with E-state index in [1.807, 2.05) is 0 Å². The zero-order valence-electron chi connectivity index (χ0n) is 29.9. The number of hydrogen-bond acceptors (Lipinski definition) is 10. The Kier molecular flexibility index (Phi) is 15.7. The van der Waals surface area contributed by atoms with Gasteiger partial charge in [-0.15, -0.1) is 0 Å². The zero-order chi connectivity index (χ0) is 36.4. The third-order valence-electron chi connectivity index (χ3n) is 9.01. The van der Waals surface area contributed by atoms with Crippen LogP contribution >= 0.6 is 0 Å². The maximum absolute atomic E-state index is 12.7. The van der Waals surface area contributed by atoms with Crippen LogP contribution in [0.2, 0.25) is 0 Å². The van der Waals surface area contributed by atoms with E-state index in [2.05, 4.69) is 0 Å². The molecule has 0 aliphatic carbocycles. The highest BCUT2D eigenvalue weighted by Crippen LogP contribution is 2.23. The van der Waals surface area contributed by atoms with Crippen LogP contribution in [-0.4, -0.2) is 49.3 Å². The molecule has 3 aromatic rings. The van der Waals surface area contributed by atoms with Gasteiger partial charge >= 0.3 is 23.9 Å². The van der Waals surface area contributed by atoms with E-state index in [0.29, 0.717) is 47.7 Å². The molecule has 0 aromatic heterocycles. The summed E-state index contributed by atoms with van der Waals surface area (Å²) in [5, 5.41) is 0. The second-order valence-corrected chi connectivity index (χ2v) is 13.5. The summed E-state index contributed by atoms with van der Waals surface area (Å²) >= 11 is 0. The molecule has 2 unspecified atom stereocenters. The summed E-state index contributed by atoms with van der Waals surface area (Å²) in [6.07, 6.45) is 17.0. The average Bonchev–Trinajstić information content (AvgIpc) is 4.09. The monoisotopic (exact) mass is 714 g/mol. The minimum atomic E-state index is -0.585. The topological polar surface area (TPSA) is 130 Å². The molecule has 2 fully saturated rings. The van der Waals surface area contributed by atoms with E-state index in [-0.39, 0.29) is 23.4 Å². The largest absolute Gasteiger partial charge is 0.427 e. The molecular weight excluding hydrogens is 664 g/mol. The summed E-state index contributed by atoms with van der Waals surface area (Å²) < 4.78 is 32.2. The van der Waals surface area contributed by atoms with Gasteiger partial charge in [-0.1, -0.05) is 64.2 Å². The SMILES string of the molecule is O=C(CCCCCCCCC1CO1)Oc1ccc(C(=O)Oc2ccc(OC(=O)c3ccc(OC(=O)CCCCCCCCC4CO4)cc3)cc2)cc1. The van der Waals surface area contributed by atoms with E-state index in [4.69, 9.17) is 28.4 Å². The summed E-state index contributed by atoms with van der Waals surface area (Å²) in [5.41, 5.74) is 0.581. The van der Waals surface area contributed by atoms with Crippen molar-refractivity contribution in [3.63, 3.8) is 0 Å². The number of rotatable bonds is 24. The predicted molar refractivity (Wildman–Crippen MR) is 194 cm³/mol. The molecule has 2 heterocycles. The number of ether oxygens (including phenoxy) is 6. The minimum Gasteiger partial charge on any atom is -0.427 e. The van der Waals surface area contributed by atoms with Gasteiger partial charge in [0, 0.05) is 12.8 Å². The Balaban J connectivity index is 0.936. The first-order chi connectivity index (χ1) is 25.4. The van der Waals surface area contributed by atoms with Crippen molar-refractivity contribution in [1.82, 2.24) is 0 Å². The predicted octanol–water partition coefficient (Wildman–Crippen LogP) is 8.98. The molecule has 0 N–H and O–H groups in total. The molecule has 278 valence electrons. The van der Waals surface area contributed by atoms with Crippen molar-refractivity contribution in [2.45, 2.75) is 115 Å². The highest BCUT2D eigenvalue weighted by atomic mass is 16.6. The molecule has 2 aliphatic rings. The van der Waals surface area contributed by atoms with Gasteiger partial charge in [-0.25, -0.2) is 9.59 Å². The van der Waals surface area contributed by atoms with Crippen LogP contribution in [0.4, 0.5) is 0 Å². The van der Waals surface area contributed by atoms with Gasteiger partial charge in [0.15, 0.2) is 0 Å². The van der Waals surface area contributed by atoms with Crippen molar-refractivity contribution in [2.75, 3.05) is 13.2 Å². The Morgan fingerprint density at radius 2 is 0.712 bits per heavy atom. The first-order valence-corrected chi connectivity index (χ1v) is 18.8. The fraction of sp³-hybridized carbons (Fsp3) is 0.476. The van der Waals surface area contributed by atoms with Gasteiger partial charge in [0.25, 0.3) is 0 Å². The first-order valence-electron chi connectivity index (χ1n) is 18.8. The van der Waals surface area contributed by atoms with Crippen molar-refractivity contribution in [3.8, 4) is 23.0 Å². The highest BCUT2D eigenvalue weighted by Gasteiger charge is 2.21. The third kappa shape index (κ3) is 15.0. The molecule has 0 radical (unpaired) electrons. The molecule has 0 bridgehead atoms. The third-order valence-corrected chi connectivity index (χ3v) is 9.01. The number of hydrogen-bond donors (Lipinski definition) is 0. The fourth-order valence-electron chi connectivity index (χ4n) is 5.76. The van der Waals surface area contributed by atoms with Gasteiger partial charge in [0.1, 0.15) is 23.0 Å². The quantitative estimate of drug-likeness (QED) is 0.0384. The van der Waals surface area contributed by atoms with Crippen molar-refractivity contribution in [1.29, 1.82) is 0 Å². The molecule has 5 rings (SSSR count). The van der Waals surface area contributed by atoms with Crippen LogP contribution in [0.1, 0.15) is 123 Å². The van der Waals surface area contributed by atoms with E-state index in [1.165, 1.54) is 87.1 Å². The number of carbonyl (C=O) groups is 4. The van der Waals surface area contributed by atoms with Gasteiger partial charge in [-0.3, -0.25) is 9.59 Å². The Morgan fingerprint density at radius 1 is 0.423 bits per heavy atom. The number of benzene rings is 3. The van der Waals surface area contributed by atoms with Crippen molar-refractivity contribution in [3.05, 3.63) is 83.9 Å². The summed E-state index contributed by atoms with van der Waals surface area (Å²) in [4.78, 5) is 49.8. The Bertz CT molecular complexity index is 1440. The van der Waals surface area contributed by atoms with E-state index in [1.54, 1.807) is 24.3 Å². The molecule has 10 nitrogen and oxygen atoms in total. The summed E-state index contributed by atoms with van der Waals surface area (Å²) in [7, 11) is 0. The fourth-order valence-corrected chi connectivity index (χ4v) is 5.76. The van der Waals surface area contributed by atoms with Crippen molar-refractivity contribution < 1.29 is 47.6 Å². The lowest BCUT2D eigenvalue weighted by Gasteiger charge is -2.08. The van der Waals surface area contributed by atoms with E-state index in [0.717, 1.165) is 64.6 Å². The van der Waals surface area contributed by atoms with Crippen LogP contribution in [0.25, 0.3) is 0 Å². The number of unbranched alkanes of at least 4 members (excludes halogenated alkanes) is 10. The van der Waals surface area contributed by atoms with Crippen LogP contribution in [0.3, 0.4) is 0 Å². The second-order valence-electron chi connectivity index (χ2n) is 13.5. The molecular formula is C42H50O10. The maximum Gasteiger partial charge on any atom is 0.343 e. The first kappa shape index (κ1) is 38.7. The maximum atomic E-state index is 12.7. The van der Waals surface area contributed by atoms with E-state index < -0.39 is 11.9 Å². The molecule has 0 amide bonds. The molecule has 10 heteroatoms. The molecule has 3 aromatic carbocycles. The summed E-state index contributed by atoms with van der Waals surface area (Å²) in [6.45, 7) is 1.84. The average molecular weight is 715 g/mol. The lowest BCUT2D eigenvalue weighted by Crippen LogP contribution is -2.11. The smallest absolute Gasteiger partial charge is 0.343 e. The van der Waals surface area contributed by atoms with Crippen LogP contribution in [0.15, 0.2) is 72.8 Å². The molecule has 2 aliphatic heterocycles. The molecule has 0 saturated carbocycles. The van der Waals surface area contributed by atoms with Crippen molar-refractivity contribution >= 4 is 23.9 Å². The summed E-state index contributed by atoms with van der Waals surface area (Å²) in [5.74, 6) is -0.486. The lowest BCUT2D eigenvalue weighted by atomic mass is 10.1. The van der Waals surface area contributed by atoms with Crippen LogP contribution in [0.5, 0.6) is 23.0 Å². The second kappa shape index (κ2) is 21.1. The van der Waals surface area contributed by atoms with Crippen LogP contribution in [-0.2, 0) is 19.1 Å². The summed E-state index contributed by atoms with van der Waals surface area (Å²) in [6, 6.07) is 18.5. The molecule has 52 heavy (non-hydrogen) atoms. The standard InChI is InChI=1S/C42H50O10/c43-39(15-11-7-3-1-5-9-13-37-29-47-37)49-33-21-17-31(18-22-33)41(45)51-35-25-27-36(28-26-35)52-42(46)32-19-23-34(24-20-32)50-40(44)16-12-8-4-2-6-10-14-38-30-48-38/h17-28,37-38H,1-16,29-30H2. The van der Waals surface area contributed by atoms with Gasteiger partial charge in [0.05, 0.1) is 36.5 Å². The Hall–Kier alpha value is -4.54. The van der Waals surface area contributed by atoms with Gasteiger partial charge in [-0.05, 0) is 98.5 Å². The molecule has 0 spiro atoms. The number of epoxide rings is 2. The highest BCUT2D eigenvalue weighted by molar-refractivity contribution is 5.92. The van der Waals surface area contributed by atoms with E-state index >= 15 is 0 Å². The van der Waals surface area contributed by atoms with Crippen LogP contribution < -0.4 is 18.9 Å². The van der Waals surface area contributed by atoms with Gasteiger partial charge in [-0.2, -0.15) is 0 Å². The van der Waals surface area contributed by atoms with Crippen molar-refractivity contribution in [2.24, 2.45) is 0 Å². The zero-order valence-corrected chi connectivity index (χ0v) is 29.9. The Labute approximate surface area is 306 Å². The normalized spacial score (nSPS) is 15.8. The lowest BCUT2D eigenvalue weighted by molar-refractivity contribution is -0.135. The minimum absolute atomic E-state index is 0.266. The number of carbonyl (C=O) groups excluding carboxylic acids is 4. The molecule has 2 atom stereocenters. The van der Waals surface area contributed by atoms with Crippen LogP contribution in [0, 0.1) is 0 Å². The van der Waals surface area contributed by atoms with Gasteiger partial charge in [0.2, 0.25) is 0 Å².